The van der Waals surface area contributed by atoms with E-state index in [9.17, 15) is 23.1 Å². The molecule has 238 valence electrons. The number of aliphatic hydroxyl groups is 1. The highest BCUT2D eigenvalue weighted by atomic mass is 32.2. The van der Waals surface area contributed by atoms with Gasteiger partial charge in [0.1, 0.15) is 6.04 Å². The minimum absolute atomic E-state index is 0.00384. The SMILES string of the molecule is [2H]C(C(C)C)N([C@H](CO)CCCCNC(=O)[C@@H](NC(=O)OC)C(c1ccccc1)c1ccccc1)S(=O)(=O)c1ccc(N)cc1. The normalized spacial score (nSPS) is 14.1. The minimum Gasteiger partial charge on any atom is -0.453 e. The number of hydrogen-bond donors (Lipinski definition) is 4. The van der Waals surface area contributed by atoms with E-state index in [1.807, 2.05) is 60.7 Å². The van der Waals surface area contributed by atoms with Gasteiger partial charge < -0.3 is 26.2 Å². The third-order valence-corrected chi connectivity index (χ3v) is 8.97. The second-order valence-corrected chi connectivity index (χ2v) is 12.7. The van der Waals surface area contributed by atoms with Crippen molar-refractivity contribution in [1.29, 1.82) is 0 Å². The molecule has 0 saturated carbocycles. The number of alkyl carbamates (subject to hydrolysis) is 1. The maximum absolute atomic E-state index is 13.6. The molecule has 44 heavy (non-hydrogen) atoms. The van der Waals surface area contributed by atoms with E-state index in [2.05, 4.69) is 10.6 Å². The van der Waals surface area contributed by atoms with E-state index in [0.717, 1.165) is 15.4 Å². The molecule has 3 atom stereocenters. The Balaban J connectivity index is 1.73. The summed E-state index contributed by atoms with van der Waals surface area (Å²) in [5, 5.41) is 15.9. The maximum Gasteiger partial charge on any atom is 0.407 e. The third-order valence-electron chi connectivity index (χ3n) is 7.13. The van der Waals surface area contributed by atoms with Crippen molar-refractivity contribution in [3.63, 3.8) is 0 Å². The number of hydrogen-bond acceptors (Lipinski definition) is 7. The number of carbonyl (C=O) groups excluding carboxylic acids is 2. The number of sulfonamides is 1. The molecule has 11 heteroatoms. The van der Waals surface area contributed by atoms with Gasteiger partial charge in [-0.1, -0.05) is 80.9 Å². The van der Waals surface area contributed by atoms with Crippen LogP contribution >= 0.6 is 0 Å². The quantitative estimate of drug-likeness (QED) is 0.138. The predicted octanol–water partition coefficient (Wildman–Crippen LogP) is 4.12. The summed E-state index contributed by atoms with van der Waals surface area (Å²) >= 11 is 0. The van der Waals surface area contributed by atoms with Gasteiger partial charge in [-0.05, 0) is 54.2 Å². The summed E-state index contributed by atoms with van der Waals surface area (Å²) in [7, 11) is -2.87. The number of benzene rings is 3. The highest BCUT2D eigenvalue weighted by Crippen LogP contribution is 2.29. The molecule has 0 heterocycles. The molecule has 3 aromatic carbocycles. The molecule has 0 bridgehead atoms. The van der Waals surface area contributed by atoms with Gasteiger partial charge in [-0.15, -0.1) is 0 Å². The predicted molar refractivity (Wildman–Crippen MR) is 171 cm³/mol. The first-order valence-electron chi connectivity index (χ1n) is 15.2. The van der Waals surface area contributed by atoms with Crippen molar-refractivity contribution in [2.24, 2.45) is 5.92 Å². The molecule has 2 amide bonds. The van der Waals surface area contributed by atoms with Crippen molar-refractivity contribution in [2.45, 2.75) is 56.0 Å². The van der Waals surface area contributed by atoms with Crippen LogP contribution in [0.1, 0.15) is 51.5 Å². The molecule has 0 aliphatic carbocycles. The van der Waals surface area contributed by atoms with E-state index >= 15 is 0 Å². The molecular weight excluding hydrogens is 580 g/mol. The molecule has 0 aromatic heterocycles. The number of nitrogens with zero attached hydrogens (tertiary/aromatic N) is 1. The number of rotatable bonds is 16. The second-order valence-electron chi connectivity index (χ2n) is 10.8. The Morgan fingerprint density at radius 1 is 0.955 bits per heavy atom. The summed E-state index contributed by atoms with van der Waals surface area (Å²) in [5.74, 6) is -1.24. The highest BCUT2D eigenvalue weighted by molar-refractivity contribution is 7.89. The van der Waals surface area contributed by atoms with Crippen LogP contribution in [-0.2, 0) is 19.6 Å². The van der Waals surface area contributed by atoms with Crippen molar-refractivity contribution in [2.75, 3.05) is 32.5 Å². The van der Waals surface area contributed by atoms with Crippen molar-refractivity contribution in [1.82, 2.24) is 14.9 Å². The smallest absolute Gasteiger partial charge is 0.407 e. The summed E-state index contributed by atoms with van der Waals surface area (Å²) in [6, 6.07) is 22.7. The summed E-state index contributed by atoms with van der Waals surface area (Å²) in [6.07, 6.45) is 0.452. The third kappa shape index (κ3) is 9.54. The molecule has 3 aromatic rings. The lowest BCUT2D eigenvalue weighted by atomic mass is 9.84. The minimum atomic E-state index is -4.11. The molecule has 0 radical (unpaired) electrons. The lowest BCUT2D eigenvalue weighted by Gasteiger charge is -2.31. The Kier molecular flexibility index (Phi) is 12.6. The Morgan fingerprint density at radius 2 is 1.52 bits per heavy atom. The van der Waals surface area contributed by atoms with Gasteiger partial charge in [-0.3, -0.25) is 4.79 Å². The van der Waals surface area contributed by atoms with Crippen molar-refractivity contribution >= 4 is 27.7 Å². The zero-order valence-corrected chi connectivity index (χ0v) is 26.2. The maximum atomic E-state index is 13.6. The van der Waals surface area contributed by atoms with Gasteiger partial charge in [0.25, 0.3) is 0 Å². The van der Waals surface area contributed by atoms with E-state index in [0.29, 0.717) is 18.5 Å². The highest BCUT2D eigenvalue weighted by Gasteiger charge is 2.33. The van der Waals surface area contributed by atoms with Crippen LogP contribution in [-0.4, -0.2) is 68.7 Å². The number of aliphatic hydroxyl groups excluding tert-OH is 1. The van der Waals surface area contributed by atoms with Gasteiger partial charge in [0, 0.05) is 32.1 Å². The van der Waals surface area contributed by atoms with E-state index in [1.165, 1.54) is 31.4 Å². The number of unbranched alkanes of at least 4 members (excludes halogenated alkanes) is 1. The second kappa shape index (κ2) is 16.8. The van der Waals surface area contributed by atoms with Gasteiger partial charge in [-0.25, -0.2) is 13.2 Å². The van der Waals surface area contributed by atoms with Crippen molar-refractivity contribution < 1.29 is 29.2 Å². The van der Waals surface area contributed by atoms with Crippen LogP contribution in [0.2, 0.25) is 0 Å². The molecule has 0 saturated heterocycles. The number of anilines is 1. The number of ether oxygens (including phenoxy) is 1. The lowest BCUT2D eigenvalue weighted by Crippen LogP contribution is -2.50. The van der Waals surface area contributed by atoms with Crippen LogP contribution in [0.3, 0.4) is 0 Å². The van der Waals surface area contributed by atoms with Crippen molar-refractivity contribution in [3.05, 3.63) is 96.1 Å². The summed E-state index contributed by atoms with van der Waals surface area (Å²) < 4.78 is 41.8. The molecular formula is C33H44N4O6S. The topological polar surface area (TPSA) is 151 Å². The fourth-order valence-corrected chi connectivity index (χ4v) is 6.65. The molecule has 0 spiro atoms. The Morgan fingerprint density at radius 3 is 2.02 bits per heavy atom. The molecule has 10 nitrogen and oxygen atoms in total. The molecule has 0 aliphatic heterocycles. The lowest BCUT2D eigenvalue weighted by molar-refractivity contribution is -0.123. The average Bonchev–Trinajstić information content (AvgIpc) is 3.04. The first-order valence-corrected chi connectivity index (χ1v) is 16.1. The van der Waals surface area contributed by atoms with Gasteiger partial charge in [-0.2, -0.15) is 4.31 Å². The number of nitrogen functional groups attached to an aromatic ring is 1. The van der Waals surface area contributed by atoms with Crippen LogP contribution in [0.25, 0.3) is 0 Å². The van der Waals surface area contributed by atoms with Crippen LogP contribution in [0, 0.1) is 5.92 Å². The standard InChI is InChI=1S/C33H44N4O6S/c1-24(2)22-37(44(41,42)29-19-17-27(34)18-20-29)28(23-38)16-10-11-21-35-32(39)31(36-33(40)43-3)30(25-12-6-4-7-13-25)26-14-8-5-9-15-26/h4-9,12-15,17-20,24,28,30-31,38H,10-11,16,21-23,34H2,1-3H3,(H,35,39)(H,36,40)/t28-,31-/m0/s1/i22D/t22?,28-,31-. The summed E-state index contributed by atoms with van der Waals surface area (Å²) in [4.78, 5) is 25.9. The van der Waals surface area contributed by atoms with Crippen LogP contribution < -0.4 is 16.4 Å². The van der Waals surface area contributed by atoms with E-state index in [1.54, 1.807) is 13.8 Å². The van der Waals surface area contributed by atoms with Crippen LogP contribution in [0.4, 0.5) is 10.5 Å². The van der Waals surface area contributed by atoms with E-state index in [-0.39, 0.29) is 23.8 Å². The first kappa shape index (κ1) is 33.0. The molecule has 3 rings (SSSR count). The molecule has 5 N–H and O–H groups in total. The first-order chi connectivity index (χ1) is 21.5. The van der Waals surface area contributed by atoms with E-state index < -0.39 is 53.2 Å². The molecule has 0 fully saturated rings. The van der Waals surface area contributed by atoms with Gasteiger partial charge >= 0.3 is 6.09 Å². The summed E-state index contributed by atoms with van der Waals surface area (Å²) in [6.45, 7) is 2.16. The number of methoxy groups -OCH3 is 1. The average molecular weight is 626 g/mol. The number of carbonyl (C=O) groups is 2. The van der Waals surface area contributed by atoms with Gasteiger partial charge in [0.2, 0.25) is 15.9 Å². The fraction of sp³-hybridized carbons (Fsp3) is 0.394. The molecule has 0 aliphatic rings. The van der Waals surface area contributed by atoms with Crippen LogP contribution in [0.15, 0.2) is 89.8 Å². The number of nitrogens with one attached hydrogen (secondary N) is 2. The number of amides is 2. The Labute approximate surface area is 262 Å². The Hall–Kier alpha value is -3.93. The molecule has 1 unspecified atom stereocenters. The Bertz CT molecular complexity index is 1420. The van der Waals surface area contributed by atoms with Crippen molar-refractivity contribution in [3.8, 4) is 0 Å². The monoisotopic (exact) mass is 625 g/mol. The van der Waals surface area contributed by atoms with Gasteiger partial charge in [0.15, 0.2) is 0 Å². The van der Waals surface area contributed by atoms with Crippen LogP contribution in [0.5, 0.6) is 0 Å². The largest absolute Gasteiger partial charge is 0.453 e. The van der Waals surface area contributed by atoms with Gasteiger partial charge in [0.05, 0.1) is 18.6 Å². The fourth-order valence-electron chi connectivity index (χ4n) is 4.96. The summed E-state index contributed by atoms with van der Waals surface area (Å²) in [5.41, 5.74) is 7.82. The van der Waals surface area contributed by atoms with E-state index in [4.69, 9.17) is 11.8 Å². The number of nitrogens with two attached hydrogens (primary N) is 1. The zero-order chi connectivity index (χ0) is 33.0. The zero-order valence-electron chi connectivity index (χ0n) is 26.4.